The molecule has 0 amide bonds. The second-order valence-corrected chi connectivity index (χ2v) is 7.92. The van der Waals surface area contributed by atoms with Gasteiger partial charge in [-0.05, 0) is 44.5 Å². The lowest BCUT2D eigenvalue weighted by Gasteiger charge is -2.50. The van der Waals surface area contributed by atoms with Crippen molar-refractivity contribution in [3.63, 3.8) is 0 Å². The van der Waals surface area contributed by atoms with E-state index in [0.717, 1.165) is 31.1 Å². The number of aromatic nitrogens is 1. The average molecular weight is 335 g/mol. The summed E-state index contributed by atoms with van der Waals surface area (Å²) in [6.45, 7) is 6.50. The van der Waals surface area contributed by atoms with Gasteiger partial charge in [-0.3, -0.25) is 4.90 Å². The normalized spacial score (nSPS) is 29.5. The Hall–Kier alpha value is -2.07. The SMILES string of the molecule is Cc1cccc(CNc2cnc3c(c2)C[C@@]2(CN4CCC2CC4)O3)c1. The Kier molecular flexibility index (Phi) is 3.49. The van der Waals surface area contributed by atoms with Crippen LogP contribution < -0.4 is 10.1 Å². The molecule has 0 unspecified atom stereocenters. The fraction of sp³-hybridized carbons (Fsp3) is 0.476. The molecule has 1 aromatic heterocycles. The summed E-state index contributed by atoms with van der Waals surface area (Å²) in [5.41, 5.74) is 4.93. The Balaban J connectivity index is 1.32. The molecule has 2 aromatic rings. The van der Waals surface area contributed by atoms with Gasteiger partial charge >= 0.3 is 0 Å². The molecule has 3 saturated heterocycles. The molecule has 6 rings (SSSR count). The summed E-state index contributed by atoms with van der Waals surface area (Å²) in [6.07, 6.45) is 5.46. The zero-order valence-electron chi connectivity index (χ0n) is 14.8. The molecule has 1 spiro atoms. The van der Waals surface area contributed by atoms with Crippen LogP contribution in [0.1, 0.15) is 29.5 Å². The number of anilines is 1. The largest absolute Gasteiger partial charge is 0.469 e. The van der Waals surface area contributed by atoms with Gasteiger partial charge in [-0.15, -0.1) is 0 Å². The number of aryl methyl sites for hydroxylation is 1. The first-order valence-electron chi connectivity index (χ1n) is 9.40. The Labute approximate surface area is 149 Å². The lowest BCUT2D eigenvalue weighted by molar-refractivity contribution is -0.0814. The highest BCUT2D eigenvalue weighted by Crippen LogP contribution is 2.46. The van der Waals surface area contributed by atoms with Crippen molar-refractivity contribution >= 4 is 5.69 Å². The van der Waals surface area contributed by atoms with Crippen LogP contribution in [0.15, 0.2) is 36.5 Å². The fourth-order valence-electron chi connectivity index (χ4n) is 4.83. The van der Waals surface area contributed by atoms with Crippen molar-refractivity contribution in [1.82, 2.24) is 9.88 Å². The molecular weight excluding hydrogens is 310 g/mol. The molecule has 25 heavy (non-hydrogen) atoms. The zero-order valence-corrected chi connectivity index (χ0v) is 14.8. The Bertz CT molecular complexity index is 797. The molecule has 1 atom stereocenters. The molecule has 1 aromatic carbocycles. The summed E-state index contributed by atoms with van der Waals surface area (Å²) in [5, 5.41) is 3.51. The third-order valence-corrected chi connectivity index (χ3v) is 6.12. The first-order chi connectivity index (χ1) is 12.2. The lowest BCUT2D eigenvalue weighted by atomic mass is 9.73. The van der Waals surface area contributed by atoms with Gasteiger partial charge in [0.1, 0.15) is 5.60 Å². The van der Waals surface area contributed by atoms with E-state index in [2.05, 4.69) is 52.5 Å². The topological polar surface area (TPSA) is 37.4 Å². The molecule has 2 bridgehead atoms. The maximum atomic E-state index is 6.42. The van der Waals surface area contributed by atoms with Crippen molar-refractivity contribution in [2.75, 3.05) is 25.0 Å². The van der Waals surface area contributed by atoms with Crippen molar-refractivity contribution in [2.45, 2.75) is 38.3 Å². The molecule has 4 aliphatic heterocycles. The molecule has 4 aliphatic rings. The number of pyridine rings is 1. The third kappa shape index (κ3) is 2.69. The van der Waals surface area contributed by atoms with Crippen LogP contribution in [0.2, 0.25) is 0 Å². The number of hydrogen-bond donors (Lipinski definition) is 1. The zero-order chi connectivity index (χ0) is 16.9. The third-order valence-electron chi connectivity index (χ3n) is 6.12. The number of ether oxygens (including phenoxy) is 1. The standard InChI is InChI=1S/C21H25N3O/c1-15-3-2-4-16(9-15)12-22-19-10-17-11-21(25-20(17)23-13-19)14-24-7-5-18(21)6-8-24/h2-4,9-10,13,18,22H,5-8,11-12,14H2,1H3/t21-/m0/s1. The van der Waals surface area contributed by atoms with E-state index in [9.17, 15) is 0 Å². The minimum absolute atomic E-state index is 0.0129. The maximum Gasteiger partial charge on any atom is 0.217 e. The van der Waals surface area contributed by atoms with Crippen molar-refractivity contribution in [3.8, 4) is 5.88 Å². The molecule has 130 valence electrons. The number of piperidine rings is 3. The highest BCUT2D eigenvalue weighted by Gasteiger charge is 2.52. The van der Waals surface area contributed by atoms with E-state index < -0.39 is 0 Å². The van der Waals surface area contributed by atoms with E-state index in [1.165, 1.54) is 42.6 Å². The molecule has 5 heterocycles. The summed E-state index contributed by atoms with van der Waals surface area (Å²) < 4.78 is 6.42. The monoisotopic (exact) mass is 335 g/mol. The van der Waals surface area contributed by atoms with Crippen LogP contribution in [0.3, 0.4) is 0 Å². The Morgan fingerprint density at radius 1 is 1.28 bits per heavy atom. The van der Waals surface area contributed by atoms with E-state index >= 15 is 0 Å². The first-order valence-corrected chi connectivity index (χ1v) is 9.40. The number of benzene rings is 1. The van der Waals surface area contributed by atoms with E-state index in [1.54, 1.807) is 0 Å². The molecular formula is C21H25N3O. The lowest BCUT2D eigenvalue weighted by Crippen LogP contribution is -2.61. The highest BCUT2D eigenvalue weighted by atomic mass is 16.5. The first kappa shape index (κ1) is 15.2. The second kappa shape index (κ2) is 5.73. The highest BCUT2D eigenvalue weighted by molar-refractivity contribution is 5.49. The predicted molar refractivity (Wildman–Crippen MR) is 99.0 cm³/mol. The smallest absolute Gasteiger partial charge is 0.217 e. The van der Waals surface area contributed by atoms with E-state index in [4.69, 9.17) is 4.74 Å². The second-order valence-electron chi connectivity index (χ2n) is 7.92. The van der Waals surface area contributed by atoms with Crippen LogP contribution in [0.25, 0.3) is 0 Å². The molecule has 1 N–H and O–H groups in total. The average Bonchev–Trinajstić information content (AvgIpc) is 2.97. The minimum atomic E-state index is -0.0129. The van der Waals surface area contributed by atoms with E-state index in [-0.39, 0.29) is 5.60 Å². The Morgan fingerprint density at radius 3 is 2.92 bits per heavy atom. The van der Waals surface area contributed by atoms with Crippen LogP contribution >= 0.6 is 0 Å². The van der Waals surface area contributed by atoms with Crippen LogP contribution in [0, 0.1) is 12.8 Å². The van der Waals surface area contributed by atoms with E-state index in [0.29, 0.717) is 5.92 Å². The van der Waals surface area contributed by atoms with Gasteiger partial charge in [-0.2, -0.15) is 0 Å². The quantitative estimate of drug-likeness (QED) is 0.933. The molecule has 0 saturated carbocycles. The van der Waals surface area contributed by atoms with Gasteiger partial charge in [-0.25, -0.2) is 4.98 Å². The molecule has 0 radical (unpaired) electrons. The summed E-state index contributed by atoms with van der Waals surface area (Å²) in [4.78, 5) is 7.18. The molecule has 3 fully saturated rings. The number of nitrogens with one attached hydrogen (secondary N) is 1. The number of fused-ring (bicyclic) bond motifs is 3. The van der Waals surface area contributed by atoms with E-state index in [1.807, 2.05) is 6.20 Å². The summed E-state index contributed by atoms with van der Waals surface area (Å²) in [5.74, 6) is 1.55. The summed E-state index contributed by atoms with van der Waals surface area (Å²) >= 11 is 0. The Morgan fingerprint density at radius 2 is 2.16 bits per heavy atom. The van der Waals surface area contributed by atoms with Gasteiger partial charge in [0.05, 0.1) is 11.9 Å². The van der Waals surface area contributed by atoms with Gasteiger partial charge in [-0.1, -0.05) is 29.8 Å². The predicted octanol–water partition coefficient (Wildman–Crippen LogP) is 3.40. The van der Waals surface area contributed by atoms with Crippen molar-refractivity contribution in [1.29, 1.82) is 0 Å². The van der Waals surface area contributed by atoms with Gasteiger partial charge in [0.15, 0.2) is 0 Å². The molecule has 4 heteroatoms. The van der Waals surface area contributed by atoms with Crippen LogP contribution in [0.4, 0.5) is 5.69 Å². The van der Waals surface area contributed by atoms with Crippen molar-refractivity contribution in [3.05, 3.63) is 53.2 Å². The van der Waals surface area contributed by atoms with Gasteiger partial charge in [0, 0.05) is 31.0 Å². The molecule has 4 nitrogen and oxygen atoms in total. The summed E-state index contributed by atoms with van der Waals surface area (Å²) in [7, 11) is 0. The van der Waals surface area contributed by atoms with Crippen LogP contribution in [0.5, 0.6) is 5.88 Å². The van der Waals surface area contributed by atoms with Crippen molar-refractivity contribution in [2.24, 2.45) is 5.92 Å². The fourth-order valence-corrected chi connectivity index (χ4v) is 4.83. The summed E-state index contributed by atoms with van der Waals surface area (Å²) in [6, 6.07) is 10.9. The molecule has 0 aliphatic carbocycles. The van der Waals surface area contributed by atoms with Gasteiger partial charge < -0.3 is 10.1 Å². The van der Waals surface area contributed by atoms with Crippen molar-refractivity contribution < 1.29 is 4.74 Å². The van der Waals surface area contributed by atoms with Crippen LogP contribution in [-0.2, 0) is 13.0 Å². The van der Waals surface area contributed by atoms with Gasteiger partial charge in [0.2, 0.25) is 5.88 Å². The maximum absolute atomic E-state index is 6.42. The van der Waals surface area contributed by atoms with Gasteiger partial charge in [0.25, 0.3) is 0 Å². The minimum Gasteiger partial charge on any atom is -0.469 e. The van der Waals surface area contributed by atoms with Crippen LogP contribution in [-0.4, -0.2) is 35.1 Å². The number of nitrogens with zero attached hydrogens (tertiary/aromatic N) is 2. The number of rotatable bonds is 3. The number of hydrogen-bond acceptors (Lipinski definition) is 4.